The Morgan fingerprint density at radius 2 is 1.78 bits per heavy atom. The summed E-state index contributed by atoms with van der Waals surface area (Å²) >= 11 is 6.41. The van der Waals surface area contributed by atoms with Crippen LogP contribution in [-0.4, -0.2) is 43.5 Å². The monoisotopic (exact) mass is 466 g/mol. The zero-order chi connectivity index (χ0) is 23.6. The Morgan fingerprint density at radius 3 is 2.34 bits per heavy atom. The lowest BCUT2D eigenvalue weighted by molar-refractivity contribution is -0.195. The minimum atomic E-state index is -1.44. The molecule has 3 unspecified atom stereocenters. The first-order valence-electron chi connectivity index (χ1n) is 11.2. The minimum absolute atomic E-state index is 0.188. The molecule has 4 rings (SSSR count). The Labute approximate surface area is 193 Å². The van der Waals surface area contributed by atoms with Crippen LogP contribution in [0.1, 0.15) is 52.4 Å². The molecule has 4 aliphatic carbocycles. The highest BCUT2D eigenvalue weighted by Gasteiger charge is 2.80. The van der Waals surface area contributed by atoms with Crippen molar-refractivity contribution in [2.24, 2.45) is 39.9 Å². The van der Waals surface area contributed by atoms with E-state index in [0.29, 0.717) is 19.3 Å². The van der Waals surface area contributed by atoms with Crippen LogP contribution in [0.4, 0.5) is 0 Å². The molecule has 0 aliphatic heterocycles. The number of fused-ring (bicyclic) bond motifs is 3. The van der Waals surface area contributed by atoms with E-state index in [2.05, 4.69) is 6.58 Å². The van der Waals surface area contributed by atoms with Crippen molar-refractivity contribution in [2.45, 2.75) is 58.5 Å². The van der Waals surface area contributed by atoms with Gasteiger partial charge in [-0.3, -0.25) is 19.2 Å². The Kier molecular flexibility index (Phi) is 5.51. The highest BCUT2D eigenvalue weighted by molar-refractivity contribution is 6.64. The number of carbonyl (C=O) groups is 4. The van der Waals surface area contributed by atoms with Crippen molar-refractivity contribution in [2.75, 3.05) is 14.2 Å². The fourth-order valence-corrected chi connectivity index (χ4v) is 8.68. The van der Waals surface area contributed by atoms with Crippen molar-refractivity contribution < 1.29 is 33.4 Å². The highest BCUT2D eigenvalue weighted by Crippen LogP contribution is 2.78. The van der Waals surface area contributed by atoms with E-state index in [9.17, 15) is 19.2 Å². The van der Waals surface area contributed by atoms with Crippen LogP contribution < -0.4 is 0 Å². The molecule has 32 heavy (non-hydrogen) atoms. The first kappa shape index (κ1) is 23.3. The van der Waals surface area contributed by atoms with Gasteiger partial charge in [0.25, 0.3) is 0 Å². The molecule has 0 aromatic rings. The van der Waals surface area contributed by atoms with Crippen molar-refractivity contribution in [3.63, 3.8) is 0 Å². The number of halogens is 1. The average Bonchev–Trinajstić information content (AvgIpc) is 3.16. The molecule has 7 nitrogen and oxygen atoms in total. The second-order valence-corrected chi connectivity index (χ2v) is 10.6. The topological polar surface area (TPSA) is 96.0 Å². The third-order valence-corrected chi connectivity index (χ3v) is 9.63. The molecule has 0 amide bonds. The van der Waals surface area contributed by atoms with E-state index in [0.717, 1.165) is 18.4 Å². The third-order valence-electron chi connectivity index (χ3n) is 9.28. The fourth-order valence-electron chi connectivity index (χ4n) is 8.34. The number of hydrogen-bond donors (Lipinski definition) is 0. The van der Waals surface area contributed by atoms with E-state index < -0.39 is 57.3 Å². The number of esters is 3. The van der Waals surface area contributed by atoms with Gasteiger partial charge in [0.15, 0.2) is 0 Å². The van der Waals surface area contributed by atoms with Gasteiger partial charge in [0.05, 0.1) is 25.6 Å². The van der Waals surface area contributed by atoms with E-state index >= 15 is 0 Å². The van der Waals surface area contributed by atoms with Gasteiger partial charge < -0.3 is 14.2 Å². The highest BCUT2D eigenvalue weighted by atomic mass is 35.5. The Morgan fingerprint density at radius 1 is 1.09 bits per heavy atom. The third kappa shape index (κ3) is 2.72. The molecule has 8 atom stereocenters. The van der Waals surface area contributed by atoms with Crippen molar-refractivity contribution in [1.82, 2.24) is 0 Å². The number of allylic oxidation sites excluding steroid dienone is 1. The van der Waals surface area contributed by atoms with Gasteiger partial charge >= 0.3 is 17.9 Å². The molecule has 0 aromatic heterocycles. The molecule has 0 radical (unpaired) electrons. The molecule has 0 aromatic carbocycles. The Balaban J connectivity index is 2.00. The summed E-state index contributed by atoms with van der Waals surface area (Å²) in [7, 11) is 2.58. The first-order valence-corrected chi connectivity index (χ1v) is 11.6. The van der Waals surface area contributed by atoms with Gasteiger partial charge in [-0.2, -0.15) is 0 Å². The van der Waals surface area contributed by atoms with Crippen LogP contribution >= 0.6 is 11.6 Å². The van der Waals surface area contributed by atoms with E-state index in [4.69, 9.17) is 25.8 Å². The lowest BCUT2D eigenvalue weighted by atomic mass is 9.51. The summed E-state index contributed by atoms with van der Waals surface area (Å²) < 4.78 is 16.1. The molecule has 4 aliphatic rings. The maximum atomic E-state index is 13.4. The molecule has 0 heterocycles. The largest absolute Gasteiger partial charge is 0.469 e. The number of carbonyl (C=O) groups excluding carboxylic acids is 4. The number of ether oxygens (including phenoxy) is 3. The van der Waals surface area contributed by atoms with E-state index in [1.165, 1.54) is 21.1 Å². The standard InChI is InChI=1S/C24H31ClO7/c1-12-10-23-11-14(12)6-7-15(23)24(20(25)28)9-8-16(32-13(2)26)22(3,21(29)31-5)18(24)17(23)19(27)30-4/h14-18H,1,6-11H2,2-5H3/t14-,15?,16+,17?,18?,22-,23+,24-/m1/s1. The van der Waals surface area contributed by atoms with Crippen LogP contribution in [0, 0.1) is 39.9 Å². The Bertz CT molecular complexity index is 899. The number of hydrogen-bond acceptors (Lipinski definition) is 7. The summed E-state index contributed by atoms with van der Waals surface area (Å²) in [5.41, 5.74) is -2.04. The molecular weight excluding hydrogens is 436 g/mol. The van der Waals surface area contributed by atoms with Crippen LogP contribution in [0.2, 0.25) is 0 Å². The summed E-state index contributed by atoms with van der Waals surface area (Å²) in [4.78, 5) is 52.1. The predicted molar refractivity (Wildman–Crippen MR) is 114 cm³/mol. The molecule has 1 spiro atoms. The fraction of sp³-hybridized carbons (Fsp3) is 0.750. The smallest absolute Gasteiger partial charge is 0.315 e. The maximum Gasteiger partial charge on any atom is 0.315 e. The molecule has 176 valence electrons. The summed E-state index contributed by atoms with van der Waals surface area (Å²) in [5.74, 6) is -3.10. The average molecular weight is 467 g/mol. The van der Waals surface area contributed by atoms with Crippen molar-refractivity contribution in [3.8, 4) is 0 Å². The van der Waals surface area contributed by atoms with E-state index in [-0.39, 0.29) is 18.3 Å². The quantitative estimate of drug-likeness (QED) is 0.271. The SMILES string of the molecule is C=C1C[C@]23C[C@H]1CCC2[C@]1(C(=O)Cl)CC[C@H](OC(C)=O)[C@@](C)(C(=O)OC)C1C3C(=O)OC. The lowest BCUT2D eigenvalue weighted by Gasteiger charge is -2.52. The van der Waals surface area contributed by atoms with Crippen LogP contribution in [-0.2, 0) is 33.4 Å². The van der Waals surface area contributed by atoms with Gasteiger partial charge in [-0.25, -0.2) is 0 Å². The first-order chi connectivity index (χ1) is 15.0. The maximum absolute atomic E-state index is 13.4. The zero-order valence-electron chi connectivity index (χ0n) is 19.1. The van der Waals surface area contributed by atoms with Gasteiger partial charge in [-0.15, -0.1) is 0 Å². The molecule has 4 fully saturated rings. The molecule has 0 N–H and O–H groups in total. The summed E-state index contributed by atoms with van der Waals surface area (Å²) in [6.45, 7) is 7.20. The minimum Gasteiger partial charge on any atom is -0.469 e. The van der Waals surface area contributed by atoms with Crippen LogP contribution in [0.3, 0.4) is 0 Å². The molecule has 4 saturated carbocycles. The summed E-state index contributed by atoms with van der Waals surface area (Å²) in [6.07, 6.45) is 2.69. The normalized spacial score (nSPS) is 44.3. The van der Waals surface area contributed by atoms with Crippen molar-refractivity contribution in [1.29, 1.82) is 0 Å². The van der Waals surface area contributed by atoms with Crippen molar-refractivity contribution >= 4 is 34.8 Å². The molecule has 2 bridgehead atoms. The Hall–Kier alpha value is -1.89. The van der Waals surface area contributed by atoms with E-state index in [1.807, 2.05) is 0 Å². The zero-order valence-corrected chi connectivity index (χ0v) is 19.8. The second-order valence-electron chi connectivity index (χ2n) is 10.3. The molecule has 8 heteroatoms. The number of rotatable bonds is 4. The van der Waals surface area contributed by atoms with Crippen LogP contribution in [0.25, 0.3) is 0 Å². The van der Waals surface area contributed by atoms with Crippen LogP contribution in [0.15, 0.2) is 12.2 Å². The van der Waals surface area contributed by atoms with Gasteiger partial charge in [0.1, 0.15) is 11.5 Å². The molecule has 0 saturated heterocycles. The molecular formula is C24H31ClO7. The predicted octanol–water partition coefficient (Wildman–Crippen LogP) is 3.42. The summed E-state index contributed by atoms with van der Waals surface area (Å²) in [5, 5.41) is -0.536. The lowest BCUT2D eigenvalue weighted by Crippen LogP contribution is -2.61. The summed E-state index contributed by atoms with van der Waals surface area (Å²) in [6, 6.07) is 0. The van der Waals surface area contributed by atoms with Crippen LogP contribution in [0.5, 0.6) is 0 Å². The van der Waals surface area contributed by atoms with Crippen molar-refractivity contribution in [3.05, 3.63) is 12.2 Å². The van der Waals surface area contributed by atoms with Gasteiger partial charge in [-0.05, 0) is 74.3 Å². The number of methoxy groups -OCH3 is 2. The van der Waals surface area contributed by atoms with E-state index in [1.54, 1.807) is 6.92 Å². The van der Waals surface area contributed by atoms with Gasteiger partial charge in [-0.1, -0.05) is 12.2 Å². The second kappa shape index (κ2) is 7.57. The van der Waals surface area contributed by atoms with Gasteiger partial charge in [0, 0.05) is 12.8 Å². The van der Waals surface area contributed by atoms with Gasteiger partial charge in [0.2, 0.25) is 5.24 Å².